The van der Waals surface area contributed by atoms with E-state index in [2.05, 4.69) is 5.32 Å². The Labute approximate surface area is 136 Å². The molecule has 5 heteroatoms. The summed E-state index contributed by atoms with van der Waals surface area (Å²) in [6, 6.07) is 16.7. The molecular weight excluding hydrogens is 290 g/mol. The predicted molar refractivity (Wildman–Crippen MR) is 89.3 cm³/mol. The molecule has 118 valence electrons. The highest BCUT2D eigenvalue weighted by Crippen LogP contribution is 2.12. The van der Waals surface area contributed by atoms with E-state index in [1.165, 1.54) is 0 Å². The van der Waals surface area contributed by atoms with Crippen molar-refractivity contribution in [2.75, 3.05) is 25.6 Å². The summed E-state index contributed by atoms with van der Waals surface area (Å²) in [5, 5.41) is 11.5. The number of hydrogen-bond donors (Lipinski definition) is 1. The van der Waals surface area contributed by atoms with Crippen LogP contribution in [0, 0.1) is 11.3 Å². The van der Waals surface area contributed by atoms with Gasteiger partial charge >= 0.3 is 0 Å². The first-order valence-electron chi connectivity index (χ1n) is 7.24. The summed E-state index contributed by atoms with van der Waals surface area (Å²) in [6.07, 6.45) is 0. The predicted octanol–water partition coefficient (Wildman–Crippen LogP) is 2.32. The van der Waals surface area contributed by atoms with Gasteiger partial charge in [0.05, 0.1) is 11.6 Å². The van der Waals surface area contributed by atoms with Gasteiger partial charge in [0.1, 0.15) is 5.75 Å². The van der Waals surface area contributed by atoms with Gasteiger partial charge in [0, 0.05) is 26.3 Å². The fourth-order valence-electron chi connectivity index (χ4n) is 1.94. The molecule has 0 radical (unpaired) electrons. The van der Waals surface area contributed by atoms with E-state index in [-0.39, 0.29) is 12.5 Å². The highest BCUT2D eigenvalue weighted by Gasteiger charge is 2.03. The van der Waals surface area contributed by atoms with Gasteiger partial charge in [-0.2, -0.15) is 5.26 Å². The van der Waals surface area contributed by atoms with Crippen molar-refractivity contribution in [1.29, 1.82) is 5.26 Å². The zero-order valence-electron chi connectivity index (χ0n) is 13.2. The quantitative estimate of drug-likeness (QED) is 0.889. The zero-order valence-corrected chi connectivity index (χ0v) is 13.2. The number of carbonyl (C=O) groups excluding carboxylic acids is 1. The molecule has 1 N–H and O–H groups in total. The van der Waals surface area contributed by atoms with Gasteiger partial charge in [-0.3, -0.25) is 4.79 Å². The van der Waals surface area contributed by atoms with E-state index in [0.29, 0.717) is 17.9 Å². The third kappa shape index (κ3) is 5.04. The summed E-state index contributed by atoms with van der Waals surface area (Å²) in [7, 11) is 3.97. The van der Waals surface area contributed by atoms with Crippen LogP contribution in [0.4, 0.5) is 5.69 Å². The van der Waals surface area contributed by atoms with Crippen molar-refractivity contribution in [3.05, 3.63) is 59.7 Å². The lowest BCUT2D eigenvalue weighted by atomic mass is 10.2. The second kappa shape index (κ2) is 7.85. The average molecular weight is 309 g/mol. The number of anilines is 1. The lowest BCUT2D eigenvalue weighted by molar-refractivity contribution is -0.123. The molecule has 0 aliphatic rings. The molecule has 1 amide bonds. The highest BCUT2D eigenvalue weighted by molar-refractivity contribution is 5.77. The third-order valence-corrected chi connectivity index (χ3v) is 3.30. The maximum absolute atomic E-state index is 11.8. The van der Waals surface area contributed by atoms with Gasteiger partial charge in [-0.15, -0.1) is 0 Å². The molecular formula is C18H19N3O2. The van der Waals surface area contributed by atoms with E-state index in [1.54, 1.807) is 24.3 Å². The number of nitriles is 1. The smallest absolute Gasteiger partial charge is 0.258 e. The standard InChI is InChI=1S/C18H19N3O2/c1-21(2)16-7-3-15(4-8-16)12-20-18(22)13-23-17-9-5-14(11-19)6-10-17/h3-10H,12-13H2,1-2H3,(H,20,22). The van der Waals surface area contributed by atoms with Gasteiger partial charge in [0.25, 0.3) is 5.91 Å². The summed E-state index contributed by atoms with van der Waals surface area (Å²) in [5.41, 5.74) is 2.70. The molecule has 0 aromatic heterocycles. The second-order valence-electron chi connectivity index (χ2n) is 5.26. The number of nitrogens with zero attached hydrogens (tertiary/aromatic N) is 2. The van der Waals surface area contributed by atoms with Crippen LogP contribution in [0.2, 0.25) is 0 Å². The first-order chi connectivity index (χ1) is 11.1. The Hall–Kier alpha value is -3.00. The zero-order chi connectivity index (χ0) is 16.7. The average Bonchev–Trinajstić information content (AvgIpc) is 2.59. The lowest BCUT2D eigenvalue weighted by Crippen LogP contribution is -2.28. The number of nitrogens with one attached hydrogen (secondary N) is 1. The fourth-order valence-corrected chi connectivity index (χ4v) is 1.94. The van der Waals surface area contributed by atoms with Crippen molar-refractivity contribution >= 4 is 11.6 Å². The van der Waals surface area contributed by atoms with Crippen molar-refractivity contribution < 1.29 is 9.53 Å². The molecule has 0 aliphatic carbocycles. The fraction of sp³-hybridized carbons (Fsp3) is 0.222. The molecule has 0 fully saturated rings. The van der Waals surface area contributed by atoms with Crippen molar-refractivity contribution in [3.63, 3.8) is 0 Å². The van der Waals surface area contributed by atoms with E-state index < -0.39 is 0 Å². The number of rotatable bonds is 6. The van der Waals surface area contributed by atoms with E-state index >= 15 is 0 Å². The van der Waals surface area contributed by atoms with Crippen LogP contribution in [0.3, 0.4) is 0 Å². The van der Waals surface area contributed by atoms with Gasteiger partial charge in [0.15, 0.2) is 6.61 Å². The highest BCUT2D eigenvalue weighted by atomic mass is 16.5. The summed E-state index contributed by atoms with van der Waals surface area (Å²) in [6.45, 7) is 0.408. The normalized spacial score (nSPS) is 9.78. The largest absolute Gasteiger partial charge is 0.484 e. The molecule has 0 saturated heterocycles. The molecule has 5 nitrogen and oxygen atoms in total. The molecule has 0 unspecified atom stereocenters. The summed E-state index contributed by atoms with van der Waals surface area (Å²) in [5.74, 6) is 0.375. The maximum atomic E-state index is 11.8. The number of hydrogen-bond acceptors (Lipinski definition) is 4. The first kappa shape index (κ1) is 16.4. The Bertz CT molecular complexity index is 686. The third-order valence-electron chi connectivity index (χ3n) is 3.30. The summed E-state index contributed by atoms with van der Waals surface area (Å²) in [4.78, 5) is 13.8. The SMILES string of the molecule is CN(C)c1ccc(CNC(=O)COc2ccc(C#N)cc2)cc1. The van der Waals surface area contributed by atoms with Crippen molar-refractivity contribution in [1.82, 2.24) is 5.32 Å². The van der Waals surface area contributed by atoms with Crippen LogP contribution in [0.5, 0.6) is 5.75 Å². The number of carbonyl (C=O) groups is 1. The molecule has 2 aromatic rings. The monoisotopic (exact) mass is 309 g/mol. The van der Waals surface area contributed by atoms with Crippen LogP contribution in [-0.2, 0) is 11.3 Å². The Kier molecular flexibility index (Phi) is 5.59. The molecule has 0 heterocycles. The van der Waals surface area contributed by atoms with E-state index in [9.17, 15) is 4.79 Å². The van der Waals surface area contributed by atoms with E-state index in [0.717, 1.165) is 11.3 Å². The van der Waals surface area contributed by atoms with Gasteiger partial charge in [0.2, 0.25) is 0 Å². The van der Waals surface area contributed by atoms with Gasteiger partial charge < -0.3 is 15.0 Å². The Morgan fingerprint density at radius 1 is 1.13 bits per heavy atom. The molecule has 0 atom stereocenters. The van der Waals surface area contributed by atoms with Crippen LogP contribution in [0.25, 0.3) is 0 Å². The molecule has 0 saturated carbocycles. The number of amides is 1. The Balaban J connectivity index is 1.77. The van der Waals surface area contributed by atoms with Crippen LogP contribution < -0.4 is 15.0 Å². The molecule has 0 bridgehead atoms. The van der Waals surface area contributed by atoms with Crippen LogP contribution in [-0.4, -0.2) is 26.6 Å². The first-order valence-corrected chi connectivity index (χ1v) is 7.24. The number of benzene rings is 2. The minimum Gasteiger partial charge on any atom is -0.484 e. The molecule has 0 aliphatic heterocycles. The van der Waals surface area contributed by atoms with Crippen LogP contribution in [0.15, 0.2) is 48.5 Å². The Morgan fingerprint density at radius 3 is 2.35 bits per heavy atom. The van der Waals surface area contributed by atoms with E-state index in [1.807, 2.05) is 49.3 Å². The summed E-state index contributed by atoms with van der Waals surface area (Å²) >= 11 is 0. The molecule has 2 rings (SSSR count). The van der Waals surface area contributed by atoms with Crippen molar-refractivity contribution in [2.24, 2.45) is 0 Å². The van der Waals surface area contributed by atoms with E-state index in [4.69, 9.17) is 10.00 Å². The van der Waals surface area contributed by atoms with Crippen LogP contribution >= 0.6 is 0 Å². The molecule has 2 aromatic carbocycles. The molecule has 23 heavy (non-hydrogen) atoms. The topological polar surface area (TPSA) is 65.4 Å². The number of ether oxygens (including phenoxy) is 1. The van der Waals surface area contributed by atoms with Crippen molar-refractivity contribution in [3.8, 4) is 11.8 Å². The van der Waals surface area contributed by atoms with Gasteiger partial charge in [-0.1, -0.05) is 12.1 Å². The Morgan fingerprint density at radius 2 is 1.78 bits per heavy atom. The van der Waals surface area contributed by atoms with Crippen molar-refractivity contribution in [2.45, 2.75) is 6.54 Å². The van der Waals surface area contributed by atoms with Gasteiger partial charge in [-0.25, -0.2) is 0 Å². The van der Waals surface area contributed by atoms with Crippen LogP contribution in [0.1, 0.15) is 11.1 Å². The second-order valence-corrected chi connectivity index (χ2v) is 5.26. The summed E-state index contributed by atoms with van der Waals surface area (Å²) < 4.78 is 5.38. The minimum absolute atomic E-state index is 0.0539. The minimum atomic E-state index is -0.189. The molecule has 0 spiro atoms. The van der Waals surface area contributed by atoms with Gasteiger partial charge in [-0.05, 0) is 42.0 Å². The maximum Gasteiger partial charge on any atom is 0.258 e. The lowest BCUT2D eigenvalue weighted by Gasteiger charge is -2.13.